The number of carbonyl (C=O) groups excluding carboxylic acids is 2. The van der Waals surface area contributed by atoms with Crippen LogP contribution in [0.2, 0.25) is 0 Å². The van der Waals surface area contributed by atoms with Crippen LogP contribution in [0.4, 0.5) is 5.69 Å². The second-order valence-electron chi connectivity index (χ2n) is 8.02. The average Bonchev–Trinajstić information content (AvgIpc) is 3.54. The largest absolute Gasteiger partial charge is 0.497 e. The first-order chi connectivity index (χ1) is 14.3. The minimum absolute atomic E-state index is 0.140. The molecule has 2 N–H and O–H groups in total. The maximum atomic E-state index is 13.1. The Bertz CT molecular complexity index is 773. The van der Waals surface area contributed by atoms with E-state index in [0.717, 1.165) is 11.4 Å². The molecule has 1 aromatic rings. The van der Waals surface area contributed by atoms with Crippen LogP contribution in [0.25, 0.3) is 0 Å². The number of carboxylic acid groups (broad SMARTS) is 1. The monoisotopic (exact) mass is 419 g/mol. The minimum atomic E-state index is -1.17. The van der Waals surface area contributed by atoms with Crippen molar-refractivity contribution in [2.45, 2.75) is 38.5 Å². The van der Waals surface area contributed by atoms with Gasteiger partial charge in [-0.15, -0.1) is 0 Å². The highest BCUT2D eigenvalue weighted by molar-refractivity contribution is 5.95. The Labute approximate surface area is 175 Å². The number of carbonyl (C=O) groups is 3. The van der Waals surface area contributed by atoms with Gasteiger partial charge in [-0.1, -0.05) is 13.8 Å². The van der Waals surface area contributed by atoms with Gasteiger partial charge >= 0.3 is 5.97 Å². The van der Waals surface area contributed by atoms with Crippen LogP contribution in [-0.2, 0) is 19.1 Å². The van der Waals surface area contributed by atoms with Crippen LogP contribution >= 0.6 is 0 Å². The Kier molecular flexibility index (Phi) is 6.81. The third kappa shape index (κ3) is 5.21. The molecule has 0 aromatic heterocycles. The normalized spacial score (nSPS) is 21.9. The van der Waals surface area contributed by atoms with Gasteiger partial charge in [0.15, 0.2) is 12.2 Å². The number of aliphatic carboxylic acids is 1. The third-order valence-corrected chi connectivity index (χ3v) is 5.34. The van der Waals surface area contributed by atoms with Crippen LogP contribution < -0.4 is 15.0 Å². The standard InChI is InChI=1S/C21H29N3O6/c1-13(2)12-16(22-19(25)17-18(30-17)21(27)28)20(26)24-10-8-23(9-11-24)14-4-6-15(29-3)7-5-14/h4-7,13,16-18H,8-12H2,1-3H3,(H,22,25)(H,27,28)/t16-,17-,18-/m0/s1. The summed E-state index contributed by atoms with van der Waals surface area (Å²) in [5.74, 6) is -0.867. The summed E-state index contributed by atoms with van der Waals surface area (Å²) in [6.45, 7) is 6.42. The lowest BCUT2D eigenvalue weighted by Gasteiger charge is -2.38. The van der Waals surface area contributed by atoms with Crippen molar-refractivity contribution < 1.29 is 29.0 Å². The molecule has 164 valence electrons. The quantitative estimate of drug-likeness (QED) is 0.598. The molecule has 2 aliphatic heterocycles. The molecule has 1 aromatic carbocycles. The molecule has 0 aliphatic carbocycles. The first kappa shape index (κ1) is 21.9. The van der Waals surface area contributed by atoms with E-state index in [1.54, 1.807) is 12.0 Å². The zero-order chi connectivity index (χ0) is 21.8. The van der Waals surface area contributed by atoms with Gasteiger partial charge in [-0.3, -0.25) is 9.59 Å². The predicted molar refractivity (Wildman–Crippen MR) is 109 cm³/mol. The molecule has 3 atom stereocenters. The van der Waals surface area contributed by atoms with Crippen molar-refractivity contribution in [2.75, 3.05) is 38.2 Å². The van der Waals surface area contributed by atoms with Crippen molar-refractivity contribution in [3.05, 3.63) is 24.3 Å². The maximum Gasteiger partial charge on any atom is 0.336 e. The Hall–Kier alpha value is -2.81. The van der Waals surface area contributed by atoms with E-state index >= 15 is 0 Å². The van der Waals surface area contributed by atoms with Gasteiger partial charge in [0, 0.05) is 31.9 Å². The van der Waals surface area contributed by atoms with Crippen molar-refractivity contribution in [3.63, 3.8) is 0 Å². The number of benzene rings is 1. The highest BCUT2D eigenvalue weighted by Gasteiger charge is 2.51. The highest BCUT2D eigenvalue weighted by atomic mass is 16.6. The highest BCUT2D eigenvalue weighted by Crippen LogP contribution is 2.24. The maximum absolute atomic E-state index is 13.1. The molecule has 2 amide bonds. The number of amides is 2. The molecule has 2 heterocycles. The molecule has 0 unspecified atom stereocenters. The number of anilines is 1. The fraction of sp³-hybridized carbons (Fsp3) is 0.571. The number of methoxy groups -OCH3 is 1. The van der Waals surface area contributed by atoms with Crippen molar-refractivity contribution >= 4 is 23.5 Å². The second kappa shape index (κ2) is 9.34. The van der Waals surface area contributed by atoms with E-state index in [4.69, 9.17) is 14.6 Å². The Morgan fingerprint density at radius 2 is 1.77 bits per heavy atom. The first-order valence-corrected chi connectivity index (χ1v) is 10.2. The Morgan fingerprint density at radius 3 is 2.27 bits per heavy atom. The second-order valence-corrected chi connectivity index (χ2v) is 8.02. The fourth-order valence-electron chi connectivity index (χ4n) is 3.64. The molecular formula is C21H29N3O6. The van der Waals surface area contributed by atoms with E-state index in [9.17, 15) is 14.4 Å². The van der Waals surface area contributed by atoms with E-state index in [1.807, 2.05) is 38.1 Å². The Balaban J connectivity index is 1.57. The van der Waals surface area contributed by atoms with Crippen molar-refractivity contribution in [1.29, 1.82) is 0 Å². The molecule has 0 bridgehead atoms. The van der Waals surface area contributed by atoms with E-state index < -0.39 is 30.1 Å². The molecule has 2 aliphatic rings. The van der Waals surface area contributed by atoms with Crippen molar-refractivity contribution in [1.82, 2.24) is 10.2 Å². The van der Waals surface area contributed by atoms with E-state index in [0.29, 0.717) is 32.6 Å². The van der Waals surface area contributed by atoms with Gasteiger partial charge in [0.1, 0.15) is 11.8 Å². The van der Waals surface area contributed by atoms with Crippen molar-refractivity contribution in [2.24, 2.45) is 5.92 Å². The van der Waals surface area contributed by atoms with Gasteiger partial charge in [0.25, 0.3) is 5.91 Å². The van der Waals surface area contributed by atoms with E-state index in [-0.39, 0.29) is 11.8 Å². The zero-order valence-electron chi connectivity index (χ0n) is 17.5. The van der Waals surface area contributed by atoms with Crippen LogP contribution in [0.3, 0.4) is 0 Å². The molecule has 2 saturated heterocycles. The van der Waals surface area contributed by atoms with Gasteiger partial charge in [0.05, 0.1) is 7.11 Å². The summed E-state index contributed by atoms with van der Waals surface area (Å²) < 4.78 is 10.1. The number of piperazine rings is 1. The molecular weight excluding hydrogens is 390 g/mol. The molecule has 0 radical (unpaired) electrons. The van der Waals surface area contributed by atoms with E-state index in [1.165, 1.54) is 0 Å². The number of carboxylic acids is 1. The van der Waals surface area contributed by atoms with Crippen LogP contribution in [0.15, 0.2) is 24.3 Å². The fourth-order valence-corrected chi connectivity index (χ4v) is 3.64. The lowest BCUT2D eigenvalue weighted by atomic mass is 10.0. The molecule has 0 saturated carbocycles. The summed E-state index contributed by atoms with van der Waals surface area (Å²) in [4.78, 5) is 40.2. The average molecular weight is 419 g/mol. The summed E-state index contributed by atoms with van der Waals surface area (Å²) in [5, 5.41) is 11.6. The molecule has 3 rings (SSSR count). The summed E-state index contributed by atoms with van der Waals surface area (Å²) >= 11 is 0. The number of hydrogen-bond donors (Lipinski definition) is 2. The summed E-state index contributed by atoms with van der Waals surface area (Å²) in [5.41, 5.74) is 1.07. The first-order valence-electron chi connectivity index (χ1n) is 10.2. The van der Waals surface area contributed by atoms with E-state index in [2.05, 4.69) is 10.2 Å². The topological polar surface area (TPSA) is 112 Å². The van der Waals surface area contributed by atoms with Crippen molar-refractivity contribution in [3.8, 4) is 5.75 Å². The molecule has 0 spiro atoms. The summed E-state index contributed by atoms with van der Waals surface area (Å²) in [7, 11) is 1.63. The molecule has 30 heavy (non-hydrogen) atoms. The third-order valence-electron chi connectivity index (χ3n) is 5.34. The molecule has 9 nitrogen and oxygen atoms in total. The summed E-state index contributed by atoms with van der Waals surface area (Å²) in [6.07, 6.45) is -1.65. The van der Waals surface area contributed by atoms with Gasteiger partial charge in [-0.2, -0.15) is 0 Å². The molecule has 9 heteroatoms. The minimum Gasteiger partial charge on any atom is -0.497 e. The number of rotatable bonds is 8. The van der Waals surface area contributed by atoms with Gasteiger partial charge < -0.3 is 29.7 Å². The van der Waals surface area contributed by atoms with Crippen LogP contribution in [0, 0.1) is 5.92 Å². The van der Waals surface area contributed by atoms with Gasteiger partial charge in [-0.05, 0) is 36.6 Å². The predicted octanol–water partition coefficient (Wildman–Crippen LogP) is 0.727. The number of nitrogens with zero attached hydrogens (tertiary/aromatic N) is 2. The lowest BCUT2D eigenvalue weighted by Crippen LogP contribution is -2.56. The van der Waals surface area contributed by atoms with Crippen LogP contribution in [-0.4, -0.2) is 79.3 Å². The smallest absolute Gasteiger partial charge is 0.336 e. The number of nitrogens with one attached hydrogen (secondary N) is 1. The number of hydrogen-bond acceptors (Lipinski definition) is 6. The summed E-state index contributed by atoms with van der Waals surface area (Å²) in [6, 6.07) is 7.11. The number of ether oxygens (including phenoxy) is 2. The Morgan fingerprint density at radius 1 is 1.13 bits per heavy atom. The zero-order valence-corrected chi connectivity index (χ0v) is 17.5. The lowest BCUT2D eigenvalue weighted by molar-refractivity contribution is -0.138. The van der Waals surface area contributed by atoms with Gasteiger partial charge in [0.2, 0.25) is 5.91 Å². The number of epoxide rings is 1. The SMILES string of the molecule is COc1ccc(N2CCN(C(=O)[C@H](CC(C)C)NC(=O)[C@H]3O[C@@H]3C(=O)O)CC2)cc1. The van der Waals surface area contributed by atoms with Gasteiger partial charge in [-0.25, -0.2) is 4.79 Å². The molecule has 2 fully saturated rings. The van der Waals surface area contributed by atoms with Crippen LogP contribution in [0.5, 0.6) is 5.75 Å². The van der Waals surface area contributed by atoms with Crippen LogP contribution in [0.1, 0.15) is 20.3 Å².